The molecule has 3 N–H and O–H groups in total. The lowest BCUT2D eigenvalue weighted by molar-refractivity contribution is -0.141. The molecule has 0 unspecified atom stereocenters. The normalized spacial score (nSPS) is 31.8. The van der Waals surface area contributed by atoms with E-state index >= 15 is 0 Å². The van der Waals surface area contributed by atoms with Crippen LogP contribution in [0.1, 0.15) is 120 Å². The molecule has 0 radical (unpaired) electrons. The standard InChI is InChI=1S/C39H55N5O9S/c1-25-11-6-5-7-12-26-13-10-14-27-21-43(23-31(26)27)38(49)53-29-19-33-34(45)41-39(36(47)42-54(50,51)30-17-18-30)20-28(39)15-8-3-2-4-9-16-32(35(46)44(33)22-29)40-37(48)52-24-25/h10,13-14,25,28-30,32-33H,2-9,11-12,15-24H2,1H3,(H,40,48)(H,41,45)(H,42,47)/t25-,28-,29-,32+,33+,39-/m1/s1. The number of carbonyl (C=O) groups excluding carboxylic acids is 5. The van der Waals surface area contributed by atoms with Crippen molar-refractivity contribution >= 4 is 39.9 Å². The van der Waals surface area contributed by atoms with Crippen LogP contribution in [-0.2, 0) is 53.4 Å². The van der Waals surface area contributed by atoms with E-state index in [1.807, 2.05) is 19.1 Å². The monoisotopic (exact) mass is 769 g/mol. The van der Waals surface area contributed by atoms with Gasteiger partial charge in [-0.15, -0.1) is 0 Å². The Morgan fingerprint density at radius 1 is 0.907 bits per heavy atom. The molecule has 4 fully saturated rings. The van der Waals surface area contributed by atoms with Gasteiger partial charge in [-0.05, 0) is 79.9 Å². The minimum atomic E-state index is -3.87. The van der Waals surface area contributed by atoms with Gasteiger partial charge < -0.3 is 25.0 Å². The summed E-state index contributed by atoms with van der Waals surface area (Å²) in [4.78, 5) is 72.3. The average Bonchev–Trinajstić information content (AvgIpc) is 4.02. The zero-order valence-electron chi connectivity index (χ0n) is 31.3. The second kappa shape index (κ2) is 16.1. The highest BCUT2D eigenvalue weighted by Crippen LogP contribution is 2.48. The summed E-state index contributed by atoms with van der Waals surface area (Å²) in [5.74, 6) is -2.00. The molecule has 4 aliphatic heterocycles. The van der Waals surface area contributed by atoms with Gasteiger partial charge in [-0.2, -0.15) is 0 Å². The SMILES string of the molecule is C[C@@H]1CCCCCc2cccc3c2CN(C3)C(=O)O[C@@H]2C[C@H]3C(=O)N[C@]4(C(=O)NS(=O)(=O)C5CC5)C[C@H]4CCCCCCC[C@H](NC(=O)OC1)C(=O)N3C2. The highest BCUT2D eigenvalue weighted by Gasteiger charge is 2.62. The van der Waals surface area contributed by atoms with E-state index in [-0.39, 0.29) is 37.8 Å². The van der Waals surface area contributed by atoms with Crippen LogP contribution < -0.4 is 15.4 Å². The van der Waals surface area contributed by atoms with Crippen molar-refractivity contribution in [3.8, 4) is 0 Å². The fourth-order valence-corrected chi connectivity index (χ4v) is 10.2. The van der Waals surface area contributed by atoms with E-state index in [1.54, 1.807) is 4.90 Å². The van der Waals surface area contributed by atoms with E-state index in [0.29, 0.717) is 45.2 Å². The molecule has 2 saturated carbocycles. The predicted molar refractivity (Wildman–Crippen MR) is 197 cm³/mol. The zero-order valence-corrected chi connectivity index (χ0v) is 32.1. The predicted octanol–water partition coefficient (Wildman–Crippen LogP) is 4.18. The van der Waals surface area contributed by atoms with Gasteiger partial charge >= 0.3 is 12.2 Å². The molecule has 1 aromatic rings. The molecule has 296 valence electrons. The average molecular weight is 770 g/mol. The molecule has 14 nitrogen and oxygen atoms in total. The number of sulfonamides is 1. The van der Waals surface area contributed by atoms with Gasteiger partial charge in [0.2, 0.25) is 21.8 Å². The first-order valence-electron chi connectivity index (χ1n) is 20.1. The van der Waals surface area contributed by atoms with Crippen molar-refractivity contribution in [2.24, 2.45) is 11.8 Å². The molecule has 2 saturated heterocycles. The Morgan fingerprint density at radius 3 is 2.43 bits per heavy atom. The lowest BCUT2D eigenvalue weighted by atomic mass is 9.97. The van der Waals surface area contributed by atoms with Crippen LogP contribution in [0.3, 0.4) is 0 Å². The van der Waals surface area contributed by atoms with E-state index < -0.39 is 68.9 Å². The zero-order chi connectivity index (χ0) is 38.0. The summed E-state index contributed by atoms with van der Waals surface area (Å²) in [6, 6.07) is 4.04. The number of hydrogen-bond acceptors (Lipinski definition) is 9. The largest absolute Gasteiger partial charge is 0.449 e. The first kappa shape index (κ1) is 38.4. The van der Waals surface area contributed by atoms with Crippen LogP contribution in [0.25, 0.3) is 0 Å². The summed E-state index contributed by atoms with van der Waals surface area (Å²) in [6.45, 7) is 2.98. The Bertz CT molecular complexity index is 1730. The Kier molecular flexibility index (Phi) is 11.4. The Morgan fingerprint density at radius 2 is 1.63 bits per heavy atom. The van der Waals surface area contributed by atoms with Crippen molar-refractivity contribution in [2.45, 2.75) is 152 Å². The number of hydrogen-bond donors (Lipinski definition) is 3. The third kappa shape index (κ3) is 8.65. The molecule has 54 heavy (non-hydrogen) atoms. The van der Waals surface area contributed by atoms with Crippen LogP contribution >= 0.6 is 0 Å². The van der Waals surface area contributed by atoms with Gasteiger partial charge in [0.1, 0.15) is 23.7 Å². The molecular formula is C39H55N5O9S. The smallest absolute Gasteiger partial charge is 0.410 e. The molecular weight excluding hydrogens is 715 g/mol. The lowest BCUT2D eigenvalue weighted by Crippen LogP contribution is -2.58. The summed E-state index contributed by atoms with van der Waals surface area (Å²) < 4.78 is 39.5. The van der Waals surface area contributed by atoms with Gasteiger partial charge in [0.15, 0.2) is 0 Å². The third-order valence-corrected chi connectivity index (χ3v) is 14.1. The summed E-state index contributed by atoms with van der Waals surface area (Å²) >= 11 is 0. The molecule has 15 heteroatoms. The lowest BCUT2D eigenvalue weighted by Gasteiger charge is -2.30. The molecule has 6 atom stereocenters. The Labute approximate surface area is 317 Å². The topological polar surface area (TPSA) is 181 Å². The van der Waals surface area contributed by atoms with E-state index in [9.17, 15) is 32.4 Å². The molecule has 6 aliphatic rings. The van der Waals surface area contributed by atoms with Crippen molar-refractivity contribution < 1.29 is 41.9 Å². The van der Waals surface area contributed by atoms with Gasteiger partial charge in [0.25, 0.3) is 5.91 Å². The maximum absolute atomic E-state index is 14.4. The van der Waals surface area contributed by atoms with E-state index in [1.165, 1.54) is 10.5 Å². The minimum Gasteiger partial charge on any atom is -0.449 e. The number of nitrogens with one attached hydrogen (secondary N) is 3. The van der Waals surface area contributed by atoms with Gasteiger partial charge in [-0.3, -0.25) is 24.0 Å². The fourth-order valence-electron chi connectivity index (χ4n) is 8.80. The maximum atomic E-state index is 14.4. The van der Waals surface area contributed by atoms with Crippen LogP contribution in [-0.4, -0.2) is 90.3 Å². The van der Waals surface area contributed by atoms with Gasteiger partial charge in [0.05, 0.1) is 18.4 Å². The van der Waals surface area contributed by atoms with Crippen molar-refractivity contribution in [1.29, 1.82) is 0 Å². The van der Waals surface area contributed by atoms with Crippen LogP contribution in [0.5, 0.6) is 0 Å². The second-order valence-corrected chi connectivity index (χ2v) is 18.5. The van der Waals surface area contributed by atoms with Gasteiger partial charge in [0, 0.05) is 19.5 Å². The number of rotatable bonds is 3. The van der Waals surface area contributed by atoms with E-state index in [0.717, 1.165) is 68.9 Å². The molecule has 1 aromatic carbocycles. The summed E-state index contributed by atoms with van der Waals surface area (Å²) in [5.41, 5.74) is 2.00. The van der Waals surface area contributed by atoms with Crippen molar-refractivity contribution in [1.82, 2.24) is 25.2 Å². The first-order chi connectivity index (χ1) is 25.9. The highest BCUT2D eigenvalue weighted by atomic mass is 32.2. The number of carbonyl (C=O) groups is 5. The van der Waals surface area contributed by atoms with Crippen LogP contribution in [0.4, 0.5) is 9.59 Å². The molecule has 0 aromatic heterocycles. The fraction of sp³-hybridized carbons (Fsp3) is 0.718. The van der Waals surface area contributed by atoms with Crippen LogP contribution in [0, 0.1) is 11.8 Å². The van der Waals surface area contributed by atoms with E-state index in [4.69, 9.17) is 9.47 Å². The first-order valence-corrected chi connectivity index (χ1v) is 21.6. The number of amides is 5. The Hall–Kier alpha value is -3.88. The molecule has 7 rings (SSSR count). The van der Waals surface area contributed by atoms with Crippen molar-refractivity contribution in [2.75, 3.05) is 13.2 Å². The maximum Gasteiger partial charge on any atom is 0.410 e. The van der Waals surface area contributed by atoms with Crippen LogP contribution in [0.15, 0.2) is 18.2 Å². The molecule has 4 heterocycles. The second-order valence-electron chi connectivity index (χ2n) is 16.5. The number of benzene rings is 1. The number of alkyl carbamates (subject to hydrolysis) is 1. The van der Waals surface area contributed by atoms with Crippen molar-refractivity contribution in [3.63, 3.8) is 0 Å². The number of aryl methyl sites for hydroxylation is 1. The molecule has 0 spiro atoms. The number of cyclic esters (lactones) is 1. The molecule has 5 bridgehead atoms. The van der Waals surface area contributed by atoms with Crippen LogP contribution in [0.2, 0.25) is 0 Å². The number of ether oxygens (including phenoxy) is 2. The summed E-state index contributed by atoms with van der Waals surface area (Å²) in [6.07, 6.45) is 8.94. The molecule has 2 aliphatic carbocycles. The quantitative estimate of drug-likeness (QED) is 0.407. The highest BCUT2D eigenvalue weighted by molar-refractivity contribution is 7.91. The van der Waals surface area contributed by atoms with E-state index in [2.05, 4.69) is 21.4 Å². The summed E-state index contributed by atoms with van der Waals surface area (Å²) in [7, 11) is -3.87. The van der Waals surface area contributed by atoms with Crippen molar-refractivity contribution in [3.05, 3.63) is 34.9 Å². The Balaban J connectivity index is 1.16. The number of nitrogens with zero attached hydrogens (tertiary/aromatic N) is 2. The number of fused-ring (bicyclic) bond motifs is 4. The minimum absolute atomic E-state index is 0.0211. The summed E-state index contributed by atoms with van der Waals surface area (Å²) in [5, 5.41) is 5.07. The van der Waals surface area contributed by atoms with Gasteiger partial charge in [-0.1, -0.05) is 70.1 Å². The third-order valence-electron chi connectivity index (χ3n) is 12.3. The van der Waals surface area contributed by atoms with Gasteiger partial charge in [-0.25, -0.2) is 18.0 Å². The molecule has 5 amide bonds.